The summed E-state index contributed by atoms with van der Waals surface area (Å²) in [6.45, 7) is 0. The van der Waals surface area contributed by atoms with E-state index in [-0.39, 0.29) is 5.56 Å². The molecule has 0 aromatic heterocycles. The Morgan fingerprint density at radius 3 is 1.55 bits per heavy atom. The number of carbonyl (C=O) groups is 2. The zero-order valence-corrected chi connectivity index (χ0v) is 12.6. The minimum atomic E-state index is -0.623. The molecular formula is C17H16O5. The number of benzene rings is 2. The fraction of sp³-hybridized carbons (Fsp3) is 0.176. The molecular weight excluding hydrogens is 284 g/mol. The van der Waals surface area contributed by atoms with Gasteiger partial charge in [-0.2, -0.15) is 0 Å². The standard InChI is InChI=1S/C17H16O5/c1-20-13-6-4-11(5-7-13)16(18)17(19)12-8-14(21-2)10-15(9-12)22-3/h4-10H,1-3H3. The van der Waals surface area contributed by atoms with Crippen molar-refractivity contribution in [2.45, 2.75) is 0 Å². The minimum Gasteiger partial charge on any atom is -0.497 e. The van der Waals surface area contributed by atoms with Gasteiger partial charge in [-0.3, -0.25) is 9.59 Å². The molecule has 2 aromatic rings. The highest BCUT2D eigenvalue weighted by molar-refractivity contribution is 6.49. The molecule has 0 aliphatic rings. The van der Waals surface area contributed by atoms with Crippen molar-refractivity contribution in [3.8, 4) is 17.2 Å². The molecule has 22 heavy (non-hydrogen) atoms. The van der Waals surface area contributed by atoms with Gasteiger partial charge >= 0.3 is 0 Å². The van der Waals surface area contributed by atoms with E-state index in [0.717, 1.165) is 0 Å². The van der Waals surface area contributed by atoms with Crippen LogP contribution in [0.1, 0.15) is 20.7 Å². The Labute approximate surface area is 128 Å². The number of methoxy groups -OCH3 is 3. The lowest BCUT2D eigenvalue weighted by atomic mass is 10.0. The van der Waals surface area contributed by atoms with Crippen LogP contribution in [0.15, 0.2) is 42.5 Å². The fourth-order valence-corrected chi connectivity index (χ4v) is 1.94. The molecule has 0 heterocycles. The van der Waals surface area contributed by atoms with Crippen LogP contribution in [-0.4, -0.2) is 32.9 Å². The van der Waals surface area contributed by atoms with Gasteiger partial charge in [0.2, 0.25) is 11.6 Å². The van der Waals surface area contributed by atoms with Crippen LogP contribution in [0, 0.1) is 0 Å². The number of rotatable bonds is 6. The third-order valence-corrected chi connectivity index (χ3v) is 3.17. The van der Waals surface area contributed by atoms with Crippen molar-refractivity contribution in [1.82, 2.24) is 0 Å². The summed E-state index contributed by atoms with van der Waals surface area (Å²) in [4.78, 5) is 24.6. The van der Waals surface area contributed by atoms with Crippen LogP contribution in [-0.2, 0) is 0 Å². The van der Waals surface area contributed by atoms with Crippen molar-refractivity contribution in [2.24, 2.45) is 0 Å². The summed E-state index contributed by atoms with van der Waals surface area (Å²) in [7, 11) is 4.49. The Bertz CT molecular complexity index is 666. The van der Waals surface area contributed by atoms with E-state index < -0.39 is 11.6 Å². The molecule has 0 atom stereocenters. The highest BCUT2D eigenvalue weighted by Crippen LogP contribution is 2.23. The molecule has 5 nitrogen and oxygen atoms in total. The van der Waals surface area contributed by atoms with Gasteiger partial charge in [0.15, 0.2) is 0 Å². The first-order chi connectivity index (χ1) is 10.6. The fourth-order valence-electron chi connectivity index (χ4n) is 1.94. The first kappa shape index (κ1) is 15.6. The van der Waals surface area contributed by atoms with Gasteiger partial charge in [-0.05, 0) is 36.4 Å². The van der Waals surface area contributed by atoms with Crippen LogP contribution in [0.5, 0.6) is 17.2 Å². The van der Waals surface area contributed by atoms with Gasteiger partial charge < -0.3 is 14.2 Å². The maximum absolute atomic E-state index is 12.3. The summed E-state index contributed by atoms with van der Waals surface area (Å²) in [5.41, 5.74) is 0.518. The number of carbonyl (C=O) groups excluding carboxylic acids is 2. The van der Waals surface area contributed by atoms with Gasteiger partial charge in [0, 0.05) is 17.2 Å². The molecule has 0 aliphatic carbocycles. The molecule has 0 aliphatic heterocycles. The van der Waals surface area contributed by atoms with Crippen molar-refractivity contribution in [1.29, 1.82) is 0 Å². The SMILES string of the molecule is COc1ccc(C(=O)C(=O)c2cc(OC)cc(OC)c2)cc1. The molecule has 0 fully saturated rings. The average molecular weight is 300 g/mol. The average Bonchev–Trinajstić information content (AvgIpc) is 2.59. The Hall–Kier alpha value is -2.82. The monoisotopic (exact) mass is 300 g/mol. The first-order valence-electron chi connectivity index (χ1n) is 6.55. The smallest absolute Gasteiger partial charge is 0.233 e. The Morgan fingerprint density at radius 1 is 0.636 bits per heavy atom. The van der Waals surface area contributed by atoms with Crippen molar-refractivity contribution in [3.63, 3.8) is 0 Å². The quantitative estimate of drug-likeness (QED) is 0.606. The highest BCUT2D eigenvalue weighted by Gasteiger charge is 2.20. The molecule has 2 rings (SSSR count). The summed E-state index contributed by atoms with van der Waals surface area (Å²) in [5.74, 6) is 0.294. The molecule has 0 spiro atoms. The van der Waals surface area contributed by atoms with Gasteiger partial charge in [0.1, 0.15) is 17.2 Å². The lowest BCUT2D eigenvalue weighted by Crippen LogP contribution is -2.14. The van der Waals surface area contributed by atoms with Crippen molar-refractivity contribution < 1.29 is 23.8 Å². The number of hydrogen-bond donors (Lipinski definition) is 0. The molecule has 0 saturated carbocycles. The summed E-state index contributed by atoms with van der Waals surface area (Å²) < 4.78 is 15.2. The minimum absolute atomic E-state index is 0.219. The number of hydrogen-bond acceptors (Lipinski definition) is 5. The van der Waals surface area contributed by atoms with Crippen LogP contribution in [0.2, 0.25) is 0 Å². The van der Waals surface area contributed by atoms with E-state index >= 15 is 0 Å². The van der Waals surface area contributed by atoms with E-state index in [1.807, 2.05) is 0 Å². The Morgan fingerprint density at radius 2 is 1.09 bits per heavy atom. The normalized spacial score (nSPS) is 9.95. The summed E-state index contributed by atoms with van der Waals surface area (Å²) in [5, 5.41) is 0. The number of Topliss-reactive ketones (excluding diaryl/α,β-unsaturated/α-hetero) is 2. The van der Waals surface area contributed by atoms with Crippen LogP contribution in [0.3, 0.4) is 0 Å². The van der Waals surface area contributed by atoms with Gasteiger partial charge in [-0.1, -0.05) is 0 Å². The maximum atomic E-state index is 12.3. The molecule has 0 N–H and O–H groups in total. The largest absolute Gasteiger partial charge is 0.497 e. The van der Waals surface area contributed by atoms with E-state index in [0.29, 0.717) is 22.8 Å². The third kappa shape index (κ3) is 3.25. The highest BCUT2D eigenvalue weighted by atomic mass is 16.5. The summed E-state index contributed by atoms with van der Waals surface area (Å²) in [6.07, 6.45) is 0. The molecule has 0 bridgehead atoms. The van der Waals surface area contributed by atoms with E-state index in [9.17, 15) is 9.59 Å². The molecule has 0 unspecified atom stereocenters. The van der Waals surface area contributed by atoms with Gasteiger partial charge in [0.25, 0.3) is 0 Å². The lowest BCUT2D eigenvalue weighted by molar-refractivity contribution is 0.0816. The maximum Gasteiger partial charge on any atom is 0.233 e. The van der Waals surface area contributed by atoms with E-state index in [1.165, 1.54) is 33.5 Å². The summed E-state index contributed by atoms with van der Waals surface area (Å²) in [6, 6.07) is 11.0. The van der Waals surface area contributed by atoms with E-state index in [1.54, 1.807) is 30.3 Å². The number of ketones is 2. The second-order valence-corrected chi connectivity index (χ2v) is 4.49. The van der Waals surface area contributed by atoms with Crippen LogP contribution < -0.4 is 14.2 Å². The van der Waals surface area contributed by atoms with Crippen molar-refractivity contribution >= 4 is 11.6 Å². The zero-order valence-electron chi connectivity index (χ0n) is 12.6. The van der Waals surface area contributed by atoms with E-state index in [4.69, 9.17) is 14.2 Å². The zero-order chi connectivity index (χ0) is 16.1. The van der Waals surface area contributed by atoms with Gasteiger partial charge in [0.05, 0.1) is 21.3 Å². The van der Waals surface area contributed by atoms with Crippen LogP contribution in [0.4, 0.5) is 0 Å². The Balaban J connectivity index is 2.31. The Kier molecular flexibility index (Phi) is 4.78. The first-order valence-corrected chi connectivity index (χ1v) is 6.55. The predicted molar refractivity (Wildman–Crippen MR) is 81.2 cm³/mol. The molecule has 5 heteroatoms. The van der Waals surface area contributed by atoms with Gasteiger partial charge in [-0.25, -0.2) is 0 Å². The molecule has 0 amide bonds. The summed E-state index contributed by atoms with van der Waals surface area (Å²) >= 11 is 0. The second kappa shape index (κ2) is 6.76. The molecule has 2 aromatic carbocycles. The predicted octanol–water partition coefficient (Wildman–Crippen LogP) is 2.78. The third-order valence-electron chi connectivity index (χ3n) is 3.17. The lowest BCUT2D eigenvalue weighted by Gasteiger charge is -2.07. The topological polar surface area (TPSA) is 61.8 Å². The molecule has 0 radical (unpaired) electrons. The van der Waals surface area contributed by atoms with E-state index in [2.05, 4.69) is 0 Å². The van der Waals surface area contributed by atoms with Gasteiger partial charge in [-0.15, -0.1) is 0 Å². The second-order valence-electron chi connectivity index (χ2n) is 4.49. The van der Waals surface area contributed by atoms with Crippen molar-refractivity contribution in [3.05, 3.63) is 53.6 Å². The molecule has 0 saturated heterocycles. The number of ether oxygens (including phenoxy) is 3. The van der Waals surface area contributed by atoms with Crippen LogP contribution in [0.25, 0.3) is 0 Å². The molecule has 114 valence electrons. The van der Waals surface area contributed by atoms with Crippen molar-refractivity contribution in [2.75, 3.05) is 21.3 Å². The van der Waals surface area contributed by atoms with Crippen LogP contribution >= 0.6 is 0 Å².